The molecule has 14 heavy (non-hydrogen) atoms. The molecule has 0 saturated heterocycles. The van der Waals surface area contributed by atoms with Crippen molar-refractivity contribution in [1.82, 2.24) is 4.98 Å². The molecule has 0 aliphatic carbocycles. The summed E-state index contributed by atoms with van der Waals surface area (Å²) in [6.07, 6.45) is 8.58. The largest absolute Gasteiger partial charge is 0.365 e. The van der Waals surface area contributed by atoms with E-state index in [0.717, 1.165) is 25.2 Å². The molecule has 0 bridgehead atoms. The summed E-state index contributed by atoms with van der Waals surface area (Å²) in [4.78, 5) is 6.09. The minimum atomic E-state index is 0.618. The Balaban J connectivity index is 2.35. The Kier molecular flexibility index (Phi) is 2.94. The van der Waals surface area contributed by atoms with E-state index in [4.69, 9.17) is 23.2 Å². The van der Waals surface area contributed by atoms with Crippen molar-refractivity contribution in [2.45, 2.75) is 6.42 Å². The average molecular weight is 229 g/mol. The highest BCUT2D eigenvalue weighted by molar-refractivity contribution is 6.38. The van der Waals surface area contributed by atoms with E-state index in [9.17, 15) is 0 Å². The second kappa shape index (κ2) is 4.20. The number of hydrogen-bond donors (Lipinski definition) is 0. The third-order valence-corrected chi connectivity index (χ3v) is 2.76. The summed E-state index contributed by atoms with van der Waals surface area (Å²) in [5.74, 6) is 0. The first-order valence-electron chi connectivity index (χ1n) is 4.48. The molecule has 2 nitrogen and oxygen atoms in total. The maximum atomic E-state index is 6.05. The van der Waals surface area contributed by atoms with Gasteiger partial charge in [0.25, 0.3) is 0 Å². The first-order chi connectivity index (χ1) is 6.79. The van der Waals surface area contributed by atoms with Crippen LogP contribution in [-0.4, -0.2) is 18.1 Å². The lowest BCUT2D eigenvalue weighted by Gasteiger charge is -2.27. The SMILES string of the molecule is Clc1cncc(Cl)c1N1CC=CCC1. The Morgan fingerprint density at radius 1 is 1.14 bits per heavy atom. The highest BCUT2D eigenvalue weighted by Crippen LogP contribution is 2.33. The van der Waals surface area contributed by atoms with Crippen LogP contribution in [0.2, 0.25) is 10.0 Å². The van der Waals surface area contributed by atoms with E-state index >= 15 is 0 Å². The van der Waals surface area contributed by atoms with Crippen molar-refractivity contribution < 1.29 is 0 Å². The number of pyridine rings is 1. The van der Waals surface area contributed by atoms with Gasteiger partial charge in [0, 0.05) is 25.5 Å². The van der Waals surface area contributed by atoms with E-state index in [1.807, 2.05) is 0 Å². The van der Waals surface area contributed by atoms with Gasteiger partial charge in [0.2, 0.25) is 0 Å². The molecule has 1 aromatic heterocycles. The third kappa shape index (κ3) is 1.86. The van der Waals surface area contributed by atoms with Crippen LogP contribution in [0.15, 0.2) is 24.5 Å². The molecule has 0 unspecified atom stereocenters. The topological polar surface area (TPSA) is 16.1 Å². The number of anilines is 1. The maximum Gasteiger partial charge on any atom is 0.0838 e. The molecule has 0 radical (unpaired) electrons. The monoisotopic (exact) mass is 228 g/mol. The van der Waals surface area contributed by atoms with Crippen LogP contribution in [0.5, 0.6) is 0 Å². The summed E-state index contributed by atoms with van der Waals surface area (Å²) in [7, 11) is 0. The van der Waals surface area contributed by atoms with Gasteiger partial charge in [-0.1, -0.05) is 35.4 Å². The summed E-state index contributed by atoms with van der Waals surface area (Å²) < 4.78 is 0. The highest BCUT2D eigenvalue weighted by Gasteiger charge is 2.14. The minimum absolute atomic E-state index is 0.618. The van der Waals surface area contributed by atoms with E-state index in [1.165, 1.54) is 0 Å². The van der Waals surface area contributed by atoms with Crippen molar-refractivity contribution in [2.75, 3.05) is 18.0 Å². The lowest BCUT2D eigenvalue weighted by atomic mass is 10.2. The fourth-order valence-corrected chi connectivity index (χ4v) is 2.15. The van der Waals surface area contributed by atoms with Gasteiger partial charge in [-0.15, -0.1) is 0 Å². The van der Waals surface area contributed by atoms with Gasteiger partial charge < -0.3 is 4.90 Å². The van der Waals surface area contributed by atoms with Crippen molar-refractivity contribution in [3.8, 4) is 0 Å². The Morgan fingerprint density at radius 2 is 1.86 bits per heavy atom. The molecular weight excluding hydrogens is 219 g/mol. The molecule has 2 rings (SSSR count). The normalized spacial score (nSPS) is 16.0. The summed E-state index contributed by atoms with van der Waals surface area (Å²) >= 11 is 12.1. The molecule has 0 atom stereocenters. The van der Waals surface area contributed by atoms with E-state index in [0.29, 0.717) is 10.0 Å². The molecule has 0 aromatic carbocycles. The van der Waals surface area contributed by atoms with Gasteiger partial charge in [0.05, 0.1) is 15.7 Å². The molecule has 2 heterocycles. The van der Waals surface area contributed by atoms with Crippen LogP contribution >= 0.6 is 23.2 Å². The maximum absolute atomic E-state index is 6.05. The van der Waals surface area contributed by atoms with Gasteiger partial charge in [-0.05, 0) is 6.42 Å². The van der Waals surface area contributed by atoms with Crippen LogP contribution in [0.1, 0.15) is 6.42 Å². The second-order valence-electron chi connectivity index (χ2n) is 3.16. The van der Waals surface area contributed by atoms with E-state index < -0.39 is 0 Å². The van der Waals surface area contributed by atoms with E-state index in [2.05, 4.69) is 22.0 Å². The third-order valence-electron chi connectivity index (χ3n) is 2.20. The van der Waals surface area contributed by atoms with E-state index in [-0.39, 0.29) is 0 Å². The zero-order chi connectivity index (χ0) is 9.97. The zero-order valence-electron chi connectivity index (χ0n) is 7.58. The fraction of sp³-hybridized carbons (Fsp3) is 0.300. The van der Waals surface area contributed by atoms with Gasteiger partial charge in [0.1, 0.15) is 0 Å². The van der Waals surface area contributed by atoms with Crippen molar-refractivity contribution in [3.05, 3.63) is 34.6 Å². The zero-order valence-corrected chi connectivity index (χ0v) is 9.09. The van der Waals surface area contributed by atoms with Crippen molar-refractivity contribution in [1.29, 1.82) is 0 Å². The molecule has 0 N–H and O–H groups in total. The van der Waals surface area contributed by atoms with Crippen molar-refractivity contribution in [3.63, 3.8) is 0 Å². The molecule has 0 amide bonds. The van der Waals surface area contributed by atoms with Crippen LogP contribution < -0.4 is 4.90 Å². The molecule has 0 saturated carbocycles. The average Bonchev–Trinajstić information content (AvgIpc) is 2.19. The molecule has 1 aliphatic rings. The second-order valence-corrected chi connectivity index (χ2v) is 3.97. The van der Waals surface area contributed by atoms with Gasteiger partial charge >= 0.3 is 0 Å². The summed E-state index contributed by atoms with van der Waals surface area (Å²) in [6.45, 7) is 1.82. The number of aromatic nitrogens is 1. The lowest BCUT2D eigenvalue weighted by molar-refractivity contribution is 0.820. The van der Waals surface area contributed by atoms with Crippen LogP contribution in [-0.2, 0) is 0 Å². The smallest absolute Gasteiger partial charge is 0.0838 e. The Hall–Kier alpha value is -0.730. The summed E-state index contributed by atoms with van der Waals surface area (Å²) in [5.41, 5.74) is 0.896. The first kappa shape index (κ1) is 9.81. The standard InChI is InChI=1S/C10H10Cl2N2/c11-8-6-13-7-9(12)10(8)14-4-2-1-3-5-14/h1-2,6-7H,3-5H2. The van der Waals surface area contributed by atoms with Crippen LogP contribution in [0, 0.1) is 0 Å². The molecule has 4 heteroatoms. The van der Waals surface area contributed by atoms with Crippen LogP contribution in [0.25, 0.3) is 0 Å². The highest BCUT2D eigenvalue weighted by atomic mass is 35.5. The summed E-state index contributed by atoms with van der Waals surface area (Å²) in [5, 5.41) is 1.24. The van der Waals surface area contributed by atoms with Gasteiger partial charge in [0.15, 0.2) is 0 Å². The molecule has 0 fully saturated rings. The Morgan fingerprint density at radius 3 is 2.43 bits per heavy atom. The Labute approximate surface area is 93.1 Å². The van der Waals surface area contributed by atoms with Crippen LogP contribution in [0.4, 0.5) is 5.69 Å². The minimum Gasteiger partial charge on any atom is -0.365 e. The number of rotatable bonds is 1. The first-order valence-corrected chi connectivity index (χ1v) is 5.23. The number of halogens is 2. The van der Waals surface area contributed by atoms with Crippen molar-refractivity contribution >= 4 is 28.9 Å². The molecule has 0 spiro atoms. The number of hydrogen-bond acceptors (Lipinski definition) is 2. The predicted molar refractivity (Wildman–Crippen MR) is 60.2 cm³/mol. The number of nitrogens with zero attached hydrogens (tertiary/aromatic N) is 2. The fourth-order valence-electron chi connectivity index (χ4n) is 1.55. The van der Waals surface area contributed by atoms with E-state index in [1.54, 1.807) is 12.4 Å². The van der Waals surface area contributed by atoms with Gasteiger partial charge in [-0.2, -0.15) is 0 Å². The van der Waals surface area contributed by atoms with Crippen molar-refractivity contribution in [2.24, 2.45) is 0 Å². The molecule has 1 aliphatic heterocycles. The predicted octanol–water partition coefficient (Wildman–Crippen LogP) is 3.15. The quantitative estimate of drug-likeness (QED) is 0.687. The molecule has 74 valence electrons. The van der Waals surface area contributed by atoms with Crippen LogP contribution in [0.3, 0.4) is 0 Å². The molecular formula is C10H10Cl2N2. The Bertz CT molecular complexity index is 343. The van der Waals surface area contributed by atoms with Gasteiger partial charge in [-0.3, -0.25) is 4.98 Å². The lowest BCUT2D eigenvalue weighted by Crippen LogP contribution is -2.27. The molecule has 1 aromatic rings. The summed E-state index contributed by atoms with van der Waals surface area (Å²) in [6, 6.07) is 0. The van der Waals surface area contributed by atoms with Gasteiger partial charge in [-0.25, -0.2) is 0 Å².